The molecule has 20 heavy (non-hydrogen) atoms. The number of rotatable bonds is 9. The summed E-state index contributed by atoms with van der Waals surface area (Å²) in [5.74, 6) is -0.206. The van der Waals surface area contributed by atoms with E-state index < -0.39 is 0 Å². The summed E-state index contributed by atoms with van der Waals surface area (Å²) in [6, 6.07) is 1.53. The van der Waals surface area contributed by atoms with Crippen molar-refractivity contribution in [1.82, 2.24) is 9.47 Å². The molecule has 1 aromatic heterocycles. The van der Waals surface area contributed by atoms with Gasteiger partial charge in [0, 0.05) is 32.0 Å². The predicted molar refractivity (Wildman–Crippen MR) is 80.1 cm³/mol. The van der Waals surface area contributed by atoms with Crippen LogP contribution in [0.4, 0.5) is 0 Å². The summed E-state index contributed by atoms with van der Waals surface area (Å²) in [6.07, 6.45) is 3.67. The average Bonchev–Trinajstić information content (AvgIpc) is 2.41. The van der Waals surface area contributed by atoms with Crippen LogP contribution in [0.1, 0.15) is 32.4 Å². The summed E-state index contributed by atoms with van der Waals surface area (Å²) in [5, 5.41) is 9.58. The lowest BCUT2D eigenvalue weighted by molar-refractivity contribution is 0.183. The van der Waals surface area contributed by atoms with E-state index in [1.165, 1.54) is 12.3 Å². The zero-order valence-corrected chi connectivity index (χ0v) is 12.8. The number of nitrogens with zero attached hydrogens (tertiary/aromatic N) is 2. The molecule has 1 N–H and O–H groups in total. The third kappa shape index (κ3) is 4.98. The molecular weight excluding hydrogens is 256 g/mol. The molecule has 0 aliphatic heterocycles. The number of aromatic hydroxyl groups is 1. The maximum atomic E-state index is 11.6. The Morgan fingerprint density at radius 2 is 1.95 bits per heavy atom. The number of aromatic nitrogens is 1. The van der Waals surface area contributed by atoms with Gasteiger partial charge in [-0.25, -0.2) is 0 Å². The Morgan fingerprint density at radius 3 is 2.50 bits per heavy atom. The molecule has 0 unspecified atom stereocenters. The van der Waals surface area contributed by atoms with Crippen molar-refractivity contribution in [2.75, 3.05) is 26.8 Å². The van der Waals surface area contributed by atoms with E-state index in [0.29, 0.717) is 13.2 Å². The fraction of sp³-hybridized carbons (Fsp3) is 0.667. The minimum atomic E-state index is -0.318. The van der Waals surface area contributed by atoms with Crippen molar-refractivity contribution >= 4 is 0 Å². The summed E-state index contributed by atoms with van der Waals surface area (Å²) in [4.78, 5) is 14.0. The second-order valence-corrected chi connectivity index (χ2v) is 4.98. The summed E-state index contributed by atoms with van der Waals surface area (Å²) in [7, 11) is 1.64. The number of hydrogen-bond acceptors (Lipinski definition) is 4. The first-order chi connectivity index (χ1) is 9.62. The monoisotopic (exact) mass is 282 g/mol. The van der Waals surface area contributed by atoms with E-state index in [0.717, 1.165) is 38.2 Å². The highest BCUT2D eigenvalue weighted by atomic mass is 16.5. The molecular formula is C15H26N2O3. The van der Waals surface area contributed by atoms with Gasteiger partial charge in [0.15, 0.2) is 5.75 Å². The van der Waals surface area contributed by atoms with Crippen molar-refractivity contribution in [1.29, 1.82) is 0 Å². The van der Waals surface area contributed by atoms with Crippen molar-refractivity contribution in [3.63, 3.8) is 0 Å². The van der Waals surface area contributed by atoms with E-state index in [9.17, 15) is 9.90 Å². The van der Waals surface area contributed by atoms with E-state index >= 15 is 0 Å². The zero-order valence-electron chi connectivity index (χ0n) is 12.8. The molecule has 0 aliphatic carbocycles. The Kier molecular flexibility index (Phi) is 7.33. The van der Waals surface area contributed by atoms with E-state index in [4.69, 9.17) is 4.74 Å². The maximum absolute atomic E-state index is 11.6. The van der Waals surface area contributed by atoms with Crippen molar-refractivity contribution in [3.8, 4) is 5.75 Å². The van der Waals surface area contributed by atoms with Crippen molar-refractivity contribution in [3.05, 3.63) is 28.2 Å². The second-order valence-electron chi connectivity index (χ2n) is 4.98. The molecule has 0 aromatic carbocycles. The Morgan fingerprint density at radius 1 is 1.30 bits per heavy atom. The molecule has 0 radical (unpaired) electrons. The fourth-order valence-electron chi connectivity index (χ4n) is 2.27. The highest BCUT2D eigenvalue weighted by molar-refractivity contribution is 5.20. The van der Waals surface area contributed by atoms with Gasteiger partial charge in [-0.2, -0.15) is 0 Å². The highest BCUT2D eigenvalue weighted by Gasteiger charge is 2.10. The Balaban J connectivity index is 2.94. The molecule has 0 amide bonds. The standard InChI is InChI=1S/C15H26N2O3/c1-4-6-16(7-5-2)11-13-10-14(18)15(19)12-17(13)8-9-20-3/h10,12,19H,4-9,11H2,1-3H3. The van der Waals surface area contributed by atoms with Crippen molar-refractivity contribution in [2.24, 2.45) is 0 Å². The minimum Gasteiger partial charge on any atom is -0.503 e. The van der Waals surface area contributed by atoms with Gasteiger partial charge in [-0.15, -0.1) is 0 Å². The van der Waals surface area contributed by atoms with Gasteiger partial charge >= 0.3 is 0 Å². The smallest absolute Gasteiger partial charge is 0.223 e. The van der Waals surface area contributed by atoms with Crippen LogP contribution in [-0.4, -0.2) is 41.4 Å². The van der Waals surface area contributed by atoms with Crippen LogP contribution < -0.4 is 5.43 Å². The molecule has 0 spiro atoms. The van der Waals surface area contributed by atoms with Crippen LogP contribution in [-0.2, 0) is 17.8 Å². The van der Waals surface area contributed by atoms with E-state index in [1.807, 2.05) is 4.57 Å². The lowest BCUT2D eigenvalue weighted by Crippen LogP contribution is -2.28. The molecule has 0 bridgehead atoms. The molecule has 1 rings (SSSR count). The fourth-order valence-corrected chi connectivity index (χ4v) is 2.27. The largest absolute Gasteiger partial charge is 0.503 e. The molecule has 0 saturated carbocycles. The quantitative estimate of drug-likeness (QED) is 0.750. The molecule has 1 aromatic rings. The molecule has 114 valence electrons. The molecule has 5 nitrogen and oxygen atoms in total. The topological polar surface area (TPSA) is 54.7 Å². The van der Waals surface area contributed by atoms with E-state index in [2.05, 4.69) is 18.7 Å². The van der Waals surface area contributed by atoms with E-state index in [1.54, 1.807) is 7.11 Å². The minimum absolute atomic E-state index is 0.206. The number of ether oxygens (including phenoxy) is 1. The number of pyridine rings is 1. The van der Waals surface area contributed by atoms with Crippen LogP contribution in [0.25, 0.3) is 0 Å². The zero-order chi connectivity index (χ0) is 15.0. The third-order valence-corrected chi connectivity index (χ3v) is 3.20. The average molecular weight is 282 g/mol. The molecule has 5 heteroatoms. The molecule has 0 aliphatic rings. The Labute approximate surface area is 120 Å². The van der Waals surface area contributed by atoms with Crippen LogP contribution >= 0.6 is 0 Å². The van der Waals surface area contributed by atoms with Crippen LogP contribution in [0, 0.1) is 0 Å². The number of methoxy groups -OCH3 is 1. The lowest BCUT2D eigenvalue weighted by atomic mass is 10.2. The molecule has 0 saturated heterocycles. The maximum Gasteiger partial charge on any atom is 0.223 e. The predicted octanol–water partition coefficient (Wildman–Crippen LogP) is 1.82. The highest BCUT2D eigenvalue weighted by Crippen LogP contribution is 2.09. The van der Waals surface area contributed by atoms with Gasteiger partial charge in [0.05, 0.1) is 12.8 Å². The summed E-state index contributed by atoms with van der Waals surface area (Å²) >= 11 is 0. The normalized spacial score (nSPS) is 11.2. The molecule has 0 fully saturated rings. The lowest BCUT2D eigenvalue weighted by Gasteiger charge is -2.23. The third-order valence-electron chi connectivity index (χ3n) is 3.20. The SMILES string of the molecule is CCCN(CCC)Cc1cc(=O)c(O)cn1CCOC. The number of hydrogen-bond donors (Lipinski definition) is 1. The second kappa shape index (κ2) is 8.76. The van der Waals surface area contributed by atoms with Crippen LogP contribution in [0.15, 0.2) is 17.1 Å². The Bertz CT molecular complexity index is 451. The van der Waals surface area contributed by atoms with Gasteiger partial charge in [-0.3, -0.25) is 9.69 Å². The van der Waals surface area contributed by atoms with E-state index in [-0.39, 0.29) is 11.2 Å². The van der Waals surface area contributed by atoms with Gasteiger partial charge in [-0.05, 0) is 25.9 Å². The van der Waals surface area contributed by atoms with Crippen LogP contribution in [0.3, 0.4) is 0 Å². The van der Waals surface area contributed by atoms with Crippen molar-refractivity contribution < 1.29 is 9.84 Å². The van der Waals surface area contributed by atoms with Crippen LogP contribution in [0.2, 0.25) is 0 Å². The first-order valence-corrected chi connectivity index (χ1v) is 7.26. The summed E-state index contributed by atoms with van der Waals surface area (Å²) < 4.78 is 6.98. The van der Waals surface area contributed by atoms with Gasteiger partial charge in [0.2, 0.25) is 5.43 Å². The van der Waals surface area contributed by atoms with Crippen LogP contribution in [0.5, 0.6) is 5.75 Å². The molecule has 1 heterocycles. The van der Waals surface area contributed by atoms with Crippen molar-refractivity contribution in [2.45, 2.75) is 39.8 Å². The van der Waals surface area contributed by atoms with Gasteiger partial charge in [0.25, 0.3) is 0 Å². The summed E-state index contributed by atoms with van der Waals surface area (Å²) in [6.45, 7) is 8.22. The summed E-state index contributed by atoms with van der Waals surface area (Å²) in [5.41, 5.74) is 0.605. The Hall–Kier alpha value is -1.33. The van der Waals surface area contributed by atoms with Gasteiger partial charge in [0.1, 0.15) is 0 Å². The first kappa shape index (κ1) is 16.7. The van der Waals surface area contributed by atoms with Gasteiger partial charge in [-0.1, -0.05) is 13.8 Å². The first-order valence-electron chi connectivity index (χ1n) is 7.26. The molecule has 0 atom stereocenters. The van der Waals surface area contributed by atoms with Gasteiger partial charge < -0.3 is 14.4 Å².